The first-order valence-electron chi connectivity index (χ1n) is 8.35. The van der Waals surface area contributed by atoms with Crippen LogP contribution in [0.15, 0.2) is 60.7 Å². The Balaban J connectivity index is 0.00000208. The summed E-state index contributed by atoms with van der Waals surface area (Å²) >= 11 is 0. The lowest BCUT2D eigenvalue weighted by atomic mass is 9.87. The largest absolute Gasteiger partial charge is 0.369 e. The van der Waals surface area contributed by atoms with Crippen LogP contribution in [0.3, 0.4) is 0 Å². The van der Waals surface area contributed by atoms with Crippen LogP contribution in [0.1, 0.15) is 30.4 Å². The molecule has 0 amide bonds. The molecule has 0 saturated carbocycles. The summed E-state index contributed by atoms with van der Waals surface area (Å²) in [5, 5.41) is 11.3. The van der Waals surface area contributed by atoms with Gasteiger partial charge in [-0.25, -0.2) is 0 Å². The second-order valence-corrected chi connectivity index (χ2v) is 6.08. The maximum Gasteiger partial charge on any atom is 0.176 e. The van der Waals surface area contributed by atoms with Crippen LogP contribution in [0.4, 0.5) is 0 Å². The van der Waals surface area contributed by atoms with Crippen molar-refractivity contribution in [1.29, 1.82) is 0 Å². The zero-order valence-corrected chi connectivity index (χ0v) is 14.6. The van der Waals surface area contributed by atoms with Crippen molar-refractivity contribution in [2.75, 3.05) is 19.6 Å². The van der Waals surface area contributed by atoms with Crippen molar-refractivity contribution in [3.05, 3.63) is 71.8 Å². The molecular formula is C21H24ClNO. The van der Waals surface area contributed by atoms with Gasteiger partial charge < -0.3 is 5.11 Å². The Morgan fingerprint density at radius 3 is 1.83 bits per heavy atom. The van der Waals surface area contributed by atoms with Crippen LogP contribution in [0.25, 0.3) is 0 Å². The third kappa shape index (κ3) is 4.39. The molecule has 0 spiro atoms. The molecule has 0 unspecified atom stereocenters. The summed E-state index contributed by atoms with van der Waals surface area (Å²) in [6.07, 6.45) is 3.83. The zero-order valence-electron chi connectivity index (χ0n) is 13.8. The van der Waals surface area contributed by atoms with E-state index in [1.165, 1.54) is 19.3 Å². The van der Waals surface area contributed by atoms with Crippen LogP contribution in [-0.2, 0) is 5.60 Å². The van der Waals surface area contributed by atoms with Gasteiger partial charge in [0.05, 0.1) is 6.54 Å². The Morgan fingerprint density at radius 2 is 1.33 bits per heavy atom. The van der Waals surface area contributed by atoms with E-state index in [1.807, 2.05) is 60.7 Å². The van der Waals surface area contributed by atoms with E-state index >= 15 is 0 Å². The van der Waals surface area contributed by atoms with Gasteiger partial charge in [0.25, 0.3) is 0 Å². The van der Waals surface area contributed by atoms with Gasteiger partial charge in [-0.3, -0.25) is 4.90 Å². The third-order valence-corrected chi connectivity index (χ3v) is 4.40. The molecule has 1 aliphatic heterocycles. The topological polar surface area (TPSA) is 23.5 Å². The van der Waals surface area contributed by atoms with Gasteiger partial charge in [0.1, 0.15) is 0 Å². The molecule has 1 saturated heterocycles. The first-order chi connectivity index (χ1) is 11.3. The average molecular weight is 342 g/mol. The van der Waals surface area contributed by atoms with Crippen molar-refractivity contribution in [1.82, 2.24) is 4.90 Å². The second-order valence-electron chi connectivity index (χ2n) is 6.08. The van der Waals surface area contributed by atoms with Crippen molar-refractivity contribution in [3.63, 3.8) is 0 Å². The van der Waals surface area contributed by atoms with Gasteiger partial charge in [-0.05, 0) is 25.9 Å². The number of hydrogen-bond acceptors (Lipinski definition) is 2. The van der Waals surface area contributed by atoms with E-state index in [4.69, 9.17) is 0 Å². The number of piperidine rings is 1. The quantitative estimate of drug-likeness (QED) is 0.857. The van der Waals surface area contributed by atoms with Gasteiger partial charge >= 0.3 is 0 Å². The van der Waals surface area contributed by atoms with Crippen molar-refractivity contribution in [2.45, 2.75) is 24.9 Å². The minimum absolute atomic E-state index is 0. The number of likely N-dealkylation sites (tertiary alicyclic amines) is 1. The van der Waals surface area contributed by atoms with Crippen LogP contribution in [0, 0.1) is 11.8 Å². The summed E-state index contributed by atoms with van der Waals surface area (Å²) in [6, 6.07) is 19.4. The lowest BCUT2D eigenvalue weighted by Crippen LogP contribution is -2.30. The molecule has 24 heavy (non-hydrogen) atoms. The predicted octanol–water partition coefficient (Wildman–Crippen LogP) is 3.83. The maximum absolute atomic E-state index is 11.3. The number of benzene rings is 2. The molecule has 2 aromatic rings. The summed E-state index contributed by atoms with van der Waals surface area (Å²) in [5.41, 5.74) is 0.382. The minimum Gasteiger partial charge on any atom is -0.369 e. The summed E-state index contributed by atoms with van der Waals surface area (Å²) in [7, 11) is 0. The molecule has 1 aliphatic rings. The smallest absolute Gasteiger partial charge is 0.176 e. The molecule has 0 bridgehead atoms. The normalized spacial score (nSPS) is 15.0. The van der Waals surface area contributed by atoms with Gasteiger partial charge in [0.15, 0.2) is 5.60 Å². The van der Waals surface area contributed by atoms with Crippen LogP contribution < -0.4 is 0 Å². The first kappa shape index (κ1) is 18.5. The monoisotopic (exact) mass is 341 g/mol. The van der Waals surface area contributed by atoms with Gasteiger partial charge in [0.2, 0.25) is 0 Å². The standard InChI is InChI=1S/C21H23NO.ClH/c23-21(19-11-4-1-5-12-19,20-13-6-2-7-14-20)15-10-18-22-16-8-3-9-17-22;/h1-2,4-7,11-14,23H,3,8-9,16-18H2;1H. The molecule has 3 heteroatoms. The van der Waals surface area contributed by atoms with E-state index in [9.17, 15) is 5.11 Å². The molecular weight excluding hydrogens is 318 g/mol. The number of rotatable bonds is 3. The van der Waals surface area contributed by atoms with Gasteiger partial charge in [0, 0.05) is 11.1 Å². The van der Waals surface area contributed by atoms with Crippen molar-refractivity contribution >= 4 is 12.4 Å². The van der Waals surface area contributed by atoms with Gasteiger partial charge in [-0.1, -0.05) is 78.9 Å². The Morgan fingerprint density at radius 1 is 0.833 bits per heavy atom. The van der Waals surface area contributed by atoms with Crippen LogP contribution in [0.5, 0.6) is 0 Å². The van der Waals surface area contributed by atoms with Gasteiger partial charge in [-0.2, -0.15) is 0 Å². The van der Waals surface area contributed by atoms with E-state index in [1.54, 1.807) is 0 Å². The fourth-order valence-electron chi connectivity index (χ4n) is 3.07. The first-order valence-corrected chi connectivity index (χ1v) is 8.35. The highest BCUT2D eigenvalue weighted by molar-refractivity contribution is 5.85. The molecule has 1 heterocycles. The molecule has 2 nitrogen and oxygen atoms in total. The Hall–Kier alpha value is -1.79. The Labute approximate surface area is 150 Å². The number of hydrogen-bond donors (Lipinski definition) is 1. The number of nitrogens with zero attached hydrogens (tertiary/aromatic N) is 1. The Kier molecular flexibility index (Phi) is 6.87. The molecule has 2 aromatic carbocycles. The highest BCUT2D eigenvalue weighted by atomic mass is 35.5. The molecule has 0 atom stereocenters. The maximum atomic E-state index is 11.3. The predicted molar refractivity (Wildman–Crippen MR) is 101 cm³/mol. The van der Waals surface area contributed by atoms with Crippen LogP contribution in [0.2, 0.25) is 0 Å². The van der Waals surface area contributed by atoms with E-state index in [2.05, 4.69) is 16.7 Å². The lowest BCUT2D eigenvalue weighted by molar-refractivity contribution is 0.145. The zero-order chi connectivity index (χ0) is 16.0. The minimum atomic E-state index is -1.25. The van der Waals surface area contributed by atoms with Crippen molar-refractivity contribution in [2.24, 2.45) is 0 Å². The number of aliphatic hydroxyl groups is 1. The molecule has 1 N–H and O–H groups in total. The van der Waals surface area contributed by atoms with E-state index in [-0.39, 0.29) is 12.4 Å². The fourth-order valence-corrected chi connectivity index (χ4v) is 3.07. The SMILES string of the molecule is Cl.OC(C#CCN1CCCCC1)(c1ccccc1)c1ccccc1. The highest BCUT2D eigenvalue weighted by Gasteiger charge is 2.29. The molecule has 3 rings (SSSR count). The molecule has 0 aliphatic carbocycles. The number of halogens is 1. The van der Waals surface area contributed by atoms with E-state index < -0.39 is 5.60 Å². The summed E-state index contributed by atoms with van der Waals surface area (Å²) < 4.78 is 0. The van der Waals surface area contributed by atoms with Gasteiger partial charge in [-0.15, -0.1) is 12.4 Å². The highest BCUT2D eigenvalue weighted by Crippen LogP contribution is 2.28. The Bertz CT molecular complexity index is 630. The summed E-state index contributed by atoms with van der Waals surface area (Å²) in [6.45, 7) is 2.95. The average Bonchev–Trinajstić information content (AvgIpc) is 2.64. The van der Waals surface area contributed by atoms with Crippen LogP contribution in [-0.4, -0.2) is 29.6 Å². The van der Waals surface area contributed by atoms with Crippen molar-refractivity contribution < 1.29 is 5.11 Å². The molecule has 0 radical (unpaired) electrons. The summed E-state index contributed by atoms with van der Waals surface area (Å²) in [5.74, 6) is 6.36. The second kappa shape index (κ2) is 8.89. The fraction of sp³-hybridized carbons (Fsp3) is 0.333. The lowest BCUT2D eigenvalue weighted by Gasteiger charge is -2.25. The molecule has 126 valence electrons. The summed E-state index contributed by atoms with van der Waals surface area (Å²) in [4.78, 5) is 2.37. The third-order valence-electron chi connectivity index (χ3n) is 4.40. The van der Waals surface area contributed by atoms with E-state index in [0.29, 0.717) is 0 Å². The van der Waals surface area contributed by atoms with Crippen molar-refractivity contribution in [3.8, 4) is 11.8 Å². The van der Waals surface area contributed by atoms with Crippen LogP contribution >= 0.6 is 12.4 Å². The molecule has 0 aromatic heterocycles. The van der Waals surface area contributed by atoms with E-state index in [0.717, 1.165) is 30.8 Å². The molecule has 1 fully saturated rings.